The molecule has 1 aliphatic heterocycles. The van der Waals surface area contributed by atoms with Gasteiger partial charge in [-0.1, -0.05) is 71.8 Å². The smallest absolute Gasteiger partial charge is 0.357 e. The largest absolute Gasteiger partial charge is 0.431 e. The maximum atomic E-state index is 4.80. The third kappa shape index (κ3) is 4.41. The topological polar surface area (TPSA) is 49.7 Å². The molecular weight excluding hydrogens is 444 g/mol. The molecule has 176 valence electrons. The van der Waals surface area contributed by atoms with E-state index in [1.807, 2.05) is 70.2 Å². The van der Waals surface area contributed by atoms with Crippen LogP contribution in [-0.4, -0.2) is 22.6 Å². The molecule has 0 unspecified atom stereocenters. The molecule has 6 heteroatoms. The standard InChI is InChI=1S/C30H27N6/c1-4-12-24(13-5-1)27-22-29(34-18-10-11-19-34)31-23-28(27)32-33-30-35(25-14-6-2-7-15-25)20-21-36(30)26-16-8-3-9-17-26/h1-9,12-17,20-23H,10-11,18-19H2/q+1. The summed E-state index contributed by atoms with van der Waals surface area (Å²) in [4.78, 5) is 7.11. The maximum Gasteiger partial charge on any atom is 0.431 e. The molecule has 1 aliphatic rings. The molecule has 5 aromatic rings. The zero-order valence-electron chi connectivity index (χ0n) is 20.0. The average molecular weight is 472 g/mol. The van der Waals surface area contributed by atoms with Crippen LogP contribution in [0.5, 0.6) is 0 Å². The van der Waals surface area contributed by atoms with Crippen LogP contribution in [0.25, 0.3) is 22.5 Å². The van der Waals surface area contributed by atoms with Crippen LogP contribution in [0.15, 0.2) is 126 Å². The summed E-state index contributed by atoms with van der Waals surface area (Å²) in [5.41, 5.74) is 4.91. The van der Waals surface area contributed by atoms with Crippen molar-refractivity contribution in [3.05, 3.63) is 116 Å². The van der Waals surface area contributed by atoms with E-state index in [9.17, 15) is 0 Å². The lowest BCUT2D eigenvalue weighted by Crippen LogP contribution is -2.28. The van der Waals surface area contributed by atoms with Crippen LogP contribution in [0.3, 0.4) is 0 Å². The number of hydrogen-bond donors (Lipinski definition) is 0. The number of aromatic nitrogens is 3. The molecule has 6 nitrogen and oxygen atoms in total. The van der Waals surface area contributed by atoms with E-state index in [1.165, 1.54) is 12.8 Å². The molecule has 0 N–H and O–H groups in total. The maximum absolute atomic E-state index is 4.80. The molecule has 0 radical (unpaired) electrons. The van der Waals surface area contributed by atoms with E-state index in [-0.39, 0.29) is 0 Å². The summed E-state index contributed by atoms with van der Waals surface area (Å²) < 4.78 is 4.09. The van der Waals surface area contributed by atoms with Gasteiger partial charge in [0.2, 0.25) is 0 Å². The molecule has 1 fully saturated rings. The van der Waals surface area contributed by atoms with Crippen molar-refractivity contribution in [1.29, 1.82) is 0 Å². The Balaban J connectivity index is 1.46. The second-order valence-corrected chi connectivity index (χ2v) is 8.83. The van der Waals surface area contributed by atoms with Crippen LogP contribution in [0.1, 0.15) is 12.8 Å². The Morgan fingerprint density at radius 2 is 1.42 bits per heavy atom. The predicted molar refractivity (Wildman–Crippen MR) is 143 cm³/mol. The first-order chi connectivity index (χ1) is 17.9. The number of pyridine rings is 1. The van der Waals surface area contributed by atoms with Gasteiger partial charge in [0.05, 0.1) is 6.20 Å². The Hall–Kier alpha value is -4.58. The highest BCUT2D eigenvalue weighted by Gasteiger charge is 2.21. The highest BCUT2D eigenvalue weighted by atomic mass is 15.3. The fourth-order valence-electron chi connectivity index (χ4n) is 4.64. The minimum absolute atomic E-state index is 0.704. The second kappa shape index (κ2) is 9.96. The van der Waals surface area contributed by atoms with Crippen molar-refractivity contribution in [1.82, 2.24) is 9.55 Å². The van der Waals surface area contributed by atoms with Gasteiger partial charge in [-0.15, -0.1) is 0 Å². The molecule has 3 heterocycles. The molecule has 0 bridgehead atoms. The van der Waals surface area contributed by atoms with Crippen molar-refractivity contribution in [3.63, 3.8) is 0 Å². The molecule has 0 atom stereocenters. The van der Waals surface area contributed by atoms with Gasteiger partial charge in [0.15, 0.2) is 0 Å². The predicted octanol–water partition coefficient (Wildman–Crippen LogP) is 6.83. The number of hydrogen-bond acceptors (Lipinski definition) is 4. The zero-order valence-corrected chi connectivity index (χ0v) is 20.0. The molecule has 0 spiro atoms. The second-order valence-electron chi connectivity index (χ2n) is 8.83. The molecule has 1 saturated heterocycles. The average Bonchev–Trinajstić information content (AvgIpc) is 3.64. The van der Waals surface area contributed by atoms with Crippen LogP contribution >= 0.6 is 0 Å². The van der Waals surface area contributed by atoms with Crippen LogP contribution < -0.4 is 9.47 Å². The van der Waals surface area contributed by atoms with Crippen molar-refractivity contribution in [3.8, 4) is 22.5 Å². The minimum Gasteiger partial charge on any atom is -0.357 e. The summed E-state index contributed by atoms with van der Waals surface area (Å²) in [6, 6.07) is 32.9. The normalized spacial score (nSPS) is 13.5. The van der Waals surface area contributed by atoms with Gasteiger partial charge in [0.1, 0.15) is 35.3 Å². The van der Waals surface area contributed by atoms with Gasteiger partial charge in [-0.05, 0) is 48.7 Å². The lowest BCUT2D eigenvalue weighted by atomic mass is 10.1. The van der Waals surface area contributed by atoms with E-state index >= 15 is 0 Å². The number of nitrogens with zero attached hydrogens (tertiary/aromatic N) is 6. The molecule has 3 aromatic carbocycles. The van der Waals surface area contributed by atoms with E-state index in [1.54, 1.807) is 0 Å². The third-order valence-corrected chi connectivity index (χ3v) is 6.50. The number of benzene rings is 3. The van der Waals surface area contributed by atoms with Gasteiger partial charge >= 0.3 is 5.95 Å². The highest BCUT2D eigenvalue weighted by molar-refractivity contribution is 5.77. The van der Waals surface area contributed by atoms with Crippen LogP contribution in [0.2, 0.25) is 0 Å². The van der Waals surface area contributed by atoms with Gasteiger partial charge < -0.3 is 4.90 Å². The van der Waals surface area contributed by atoms with Gasteiger partial charge in [-0.2, -0.15) is 9.13 Å². The van der Waals surface area contributed by atoms with E-state index in [2.05, 4.69) is 59.5 Å². The van der Waals surface area contributed by atoms with Gasteiger partial charge in [-0.3, -0.25) is 0 Å². The first-order valence-electron chi connectivity index (χ1n) is 12.3. The molecule has 36 heavy (non-hydrogen) atoms. The molecular formula is C30H27N6+. The van der Waals surface area contributed by atoms with Crippen LogP contribution in [0.4, 0.5) is 17.5 Å². The summed E-state index contributed by atoms with van der Waals surface area (Å²) in [6.45, 7) is 2.09. The Kier molecular flexibility index (Phi) is 6.06. The lowest BCUT2D eigenvalue weighted by molar-refractivity contribution is -0.581. The van der Waals surface area contributed by atoms with Crippen LogP contribution in [-0.2, 0) is 0 Å². The molecule has 6 rings (SSSR count). The lowest BCUT2D eigenvalue weighted by Gasteiger charge is -2.17. The van der Waals surface area contributed by atoms with Gasteiger partial charge in [0.25, 0.3) is 0 Å². The highest BCUT2D eigenvalue weighted by Crippen LogP contribution is 2.34. The first kappa shape index (κ1) is 21.9. The van der Waals surface area contributed by atoms with Gasteiger partial charge in [-0.25, -0.2) is 4.98 Å². The Morgan fingerprint density at radius 3 is 2.14 bits per heavy atom. The van der Waals surface area contributed by atoms with E-state index < -0.39 is 0 Å². The Labute approximate surface area is 210 Å². The van der Waals surface area contributed by atoms with Crippen molar-refractivity contribution in [2.45, 2.75) is 12.8 Å². The molecule has 0 amide bonds. The quantitative estimate of drug-likeness (QED) is 0.201. The van der Waals surface area contributed by atoms with E-state index in [0.717, 1.165) is 47.1 Å². The number of anilines is 1. The van der Waals surface area contributed by atoms with Crippen molar-refractivity contribution >= 4 is 17.5 Å². The van der Waals surface area contributed by atoms with Gasteiger partial charge in [0, 0.05) is 23.8 Å². The van der Waals surface area contributed by atoms with E-state index in [0.29, 0.717) is 5.95 Å². The molecule has 0 saturated carbocycles. The Bertz CT molecular complexity index is 1410. The molecule has 0 aliphatic carbocycles. The molecule has 2 aromatic heterocycles. The summed E-state index contributed by atoms with van der Waals surface area (Å²) >= 11 is 0. The minimum atomic E-state index is 0.704. The van der Waals surface area contributed by atoms with Crippen molar-refractivity contribution in [2.75, 3.05) is 18.0 Å². The number of rotatable bonds is 6. The monoisotopic (exact) mass is 471 g/mol. The summed E-state index contributed by atoms with van der Waals surface area (Å²) in [7, 11) is 0. The zero-order chi connectivity index (χ0) is 24.2. The number of para-hydroxylation sites is 2. The Morgan fingerprint density at radius 1 is 0.750 bits per heavy atom. The number of imidazole rings is 1. The van der Waals surface area contributed by atoms with Crippen molar-refractivity contribution in [2.24, 2.45) is 10.2 Å². The third-order valence-electron chi connectivity index (χ3n) is 6.50. The number of azo groups is 1. The van der Waals surface area contributed by atoms with Crippen molar-refractivity contribution < 1.29 is 4.57 Å². The summed E-state index contributed by atoms with van der Waals surface area (Å²) in [5.74, 6) is 1.70. The fourth-order valence-corrected chi connectivity index (χ4v) is 4.64. The van der Waals surface area contributed by atoms with Crippen LogP contribution in [0, 0.1) is 0 Å². The first-order valence-corrected chi connectivity index (χ1v) is 12.3. The summed E-state index contributed by atoms with van der Waals surface area (Å²) in [5, 5.41) is 9.57. The fraction of sp³-hybridized carbons (Fsp3) is 0.133. The SMILES string of the molecule is c1ccc(-c2cc(N3CCCC3)ncc2N=Nc2n(-c3ccccc3)cc[n+]2-c2ccccc2)cc1. The van der Waals surface area contributed by atoms with E-state index in [4.69, 9.17) is 15.2 Å². The summed E-state index contributed by atoms with van der Waals surface area (Å²) in [6.07, 6.45) is 8.30.